The Labute approximate surface area is 343 Å². The van der Waals surface area contributed by atoms with Crippen LogP contribution in [0.25, 0.3) is 55.6 Å². The molecule has 1 heteroatoms. The van der Waals surface area contributed by atoms with Crippen molar-refractivity contribution in [2.24, 2.45) is 0 Å². The van der Waals surface area contributed by atoms with Crippen LogP contribution in [0.15, 0.2) is 176 Å². The highest BCUT2D eigenvalue weighted by molar-refractivity contribution is 5.96. The molecule has 0 spiro atoms. The molecule has 0 atom stereocenters. The molecule has 0 N–H and O–H groups in total. The van der Waals surface area contributed by atoms with Crippen LogP contribution in [0.4, 0.5) is 17.1 Å². The predicted molar refractivity (Wildman–Crippen MR) is 245 cm³/mol. The largest absolute Gasteiger partial charge is 0.310 e. The van der Waals surface area contributed by atoms with Crippen LogP contribution in [0.5, 0.6) is 0 Å². The fraction of sp³-hybridized carbons (Fsp3) is 0.158. The molecule has 0 aliphatic heterocycles. The summed E-state index contributed by atoms with van der Waals surface area (Å²) in [5.41, 5.74) is 24.7. The Morgan fingerprint density at radius 3 is 1.43 bits per heavy atom. The number of benzene rings is 8. The van der Waals surface area contributed by atoms with E-state index in [2.05, 4.69) is 222 Å². The van der Waals surface area contributed by atoms with Gasteiger partial charge in [0, 0.05) is 33.2 Å². The molecule has 0 heterocycles. The average molecular weight is 746 g/mol. The summed E-state index contributed by atoms with van der Waals surface area (Å²) in [6.45, 7) is 14.2. The standard InChI is InChI=1S/C57H47N/c1-55(2)49-22-12-9-17-46(49)53-50(55)23-14-24-52(53)58(39-30-25-36(26-31-39)38-29-34-44-42-15-7-10-20-47(42)56(3,4)51(44)35-38)40-32-27-37(28-33-40)41-18-13-19-45-43-16-8-11-21-48(43)57(5,6)54(41)45/h7-35H,1-6H3. The van der Waals surface area contributed by atoms with Crippen molar-refractivity contribution in [1.82, 2.24) is 0 Å². The Kier molecular flexibility index (Phi) is 7.36. The Bertz CT molecular complexity index is 2960. The lowest BCUT2D eigenvalue weighted by molar-refractivity contribution is 0.660. The van der Waals surface area contributed by atoms with E-state index in [0.717, 1.165) is 11.4 Å². The summed E-state index contributed by atoms with van der Waals surface area (Å²) in [7, 11) is 0. The number of anilines is 3. The van der Waals surface area contributed by atoms with Crippen LogP contribution in [-0.2, 0) is 16.2 Å². The maximum absolute atomic E-state index is 2.47. The van der Waals surface area contributed by atoms with Gasteiger partial charge in [-0.1, -0.05) is 181 Å². The SMILES string of the molecule is CC1(C)c2ccccc2-c2ccc(-c3ccc(N(c4ccc(-c5cccc6c5C(C)(C)c5ccccc5-6)cc4)c4cccc5c4-c4ccccc4C5(C)C)cc3)cc21. The first-order valence-electron chi connectivity index (χ1n) is 20.8. The van der Waals surface area contributed by atoms with E-state index in [0.29, 0.717) is 0 Å². The summed E-state index contributed by atoms with van der Waals surface area (Å²) in [6, 6.07) is 66.1. The van der Waals surface area contributed by atoms with Crippen LogP contribution in [0.3, 0.4) is 0 Å². The first-order chi connectivity index (χ1) is 28.0. The van der Waals surface area contributed by atoms with Crippen molar-refractivity contribution in [3.05, 3.63) is 209 Å². The van der Waals surface area contributed by atoms with E-state index in [4.69, 9.17) is 0 Å². The maximum atomic E-state index is 2.47. The molecule has 11 rings (SSSR count). The second kappa shape index (κ2) is 12.3. The summed E-state index contributed by atoms with van der Waals surface area (Å²) in [4.78, 5) is 2.47. The van der Waals surface area contributed by atoms with E-state index in [-0.39, 0.29) is 16.2 Å². The lowest BCUT2D eigenvalue weighted by Crippen LogP contribution is -2.16. The van der Waals surface area contributed by atoms with Crippen LogP contribution < -0.4 is 4.90 Å². The van der Waals surface area contributed by atoms with Crippen molar-refractivity contribution >= 4 is 17.1 Å². The van der Waals surface area contributed by atoms with Gasteiger partial charge in [-0.05, 0) is 120 Å². The molecule has 3 aliphatic rings. The van der Waals surface area contributed by atoms with Crippen LogP contribution in [0.1, 0.15) is 74.9 Å². The first kappa shape index (κ1) is 34.8. The molecule has 0 bridgehead atoms. The second-order valence-corrected chi connectivity index (χ2v) is 18.1. The molecule has 58 heavy (non-hydrogen) atoms. The van der Waals surface area contributed by atoms with E-state index in [1.54, 1.807) is 0 Å². The highest BCUT2D eigenvalue weighted by atomic mass is 15.1. The summed E-state index contributed by atoms with van der Waals surface area (Å²) in [6.07, 6.45) is 0. The summed E-state index contributed by atoms with van der Waals surface area (Å²) >= 11 is 0. The minimum atomic E-state index is -0.0968. The summed E-state index contributed by atoms with van der Waals surface area (Å²) < 4.78 is 0. The molecule has 0 unspecified atom stereocenters. The third-order valence-corrected chi connectivity index (χ3v) is 13.9. The third kappa shape index (κ3) is 4.83. The molecule has 0 aromatic heterocycles. The van der Waals surface area contributed by atoms with Gasteiger partial charge in [0.15, 0.2) is 0 Å². The zero-order chi connectivity index (χ0) is 39.6. The molecule has 8 aromatic carbocycles. The molecule has 280 valence electrons. The smallest absolute Gasteiger partial charge is 0.0543 e. The molecule has 0 saturated heterocycles. The van der Waals surface area contributed by atoms with Crippen LogP contribution in [0, 0.1) is 0 Å². The Hall–Kier alpha value is -6.44. The number of fused-ring (bicyclic) bond motifs is 9. The molecule has 0 fully saturated rings. The Balaban J connectivity index is 1.03. The first-order valence-corrected chi connectivity index (χ1v) is 20.8. The van der Waals surface area contributed by atoms with Gasteiger partial charge in [0.1, 0.15) is 0 Å². The number of nitrogens with zero attached hydrogens (tertiary/aromatic N) is 1. The molecule has 0 saturated carbocycles. The lowest BCUT2D eigenvalue weighted by Gasteiger charge is -2.29. The number of hydrogen-bond donors (Lipinski definition) is 0. The fourth-order valence-electron chi connectivity index (χ4n) is 10.9. The van der Waals surface area contributed by atoms with Crippen molar-refractivity contribution in [3.8, 4) is 55.6 Å². The molecule has 8 aromatic rings. The van der Waals surface area contributed by atoms with Crippen LogP contribution in [0.2, 0.25) is 0 Å². The molecular formula is C57H47N. The highest BCUT2D eigenvalue weighted by Gasteiger charge is 2.39. The molecular weight excluding hydrogens is 699 g/mol. The van der Waals surface area contributed by atoms with E-state index in [1.807, 2.05) is 0 Å². The second-order valence-electron chi connectivity index (χ2n) is 18.1. The van der Waals surface area contributed by atoms with Crippen molar-refractivity contribution in [2.45, 2.75) is 57.8 Å². The topological polar surface area (TPSA) is 3.24 Å². The zero-order valence-electron chi connectivity index (χ0n) is 34.2. The van der Waals surface area contributed by atoms with E-state index in [1.165, 1.54) is 94.7 Å². The van der Waals surface area contributed by atoms with Gasteiger partial charge >= 0.3 is 0 Å². The lowest BCUT2D eigenvalue weighted by atomic mass is 9.79. The van der Waals surface area contributed by atoms with Crippen molar-refractivity contribution in [3.63, 3.8) is 0 Å². The fourth-order valence-corrected chi connectivity index (χ4v) is 10.9. The predicted octanol–water partition coefficient (Wildman–Crippen LogP) is 15.4. The maximum Gasteiger partial charge on any atom is 0.0543 e. The van der Waals surface area contributed by atoms with Gasteiger partial charge in [-0.15, -0.1) is 0 Å². The monoisotopic (exact) mass is 745 g/mol. The van der Waals surface area contributed by atoms with E-state index >= 15 is 0 Å². The number of rotatable bonds is 5. The minimum absolute atomic E-state index is 0.0395. The summed E-state index contributed by atoms with van der Waals surface area (Å²) in [5, 5.41) is 0. The molecule has 0 amide bonds. The molecule has 1 nitrogen and oxygen atoms in total. The Morgan fingerprint density at radius 1 is 0.310 bits per heavy atom. The Morgan fingerprint density at radius 2 is 0.759 bits per heavy atom. The average Bonchev–Trinajstić information content (AvgIpc) is 3.74. The van der Waals surface area contributed by atoms with Gasteiger partial charge in [0.05, 0.1) is 5.69 Å². The number of hydrogen-bond acceptors (Lipinski definition) is 1. The minimum Gasteiger partial charge on any atom is -0.310 e. The van der Waals surface area contributed by atoms with Gasteiger partial charge in [0.2, 0.25) is 0 Å². The van der Waals surface area contributed by atoms with Crippen molar-refractivity contribution in [2.75, 3.05) is 4.90 Å². The zero-order valence-corrected chi connectivity index (χ0v) is 34.2. The van der Waals surface area contributed by atoms with Crippen LogP contribution >= 0.6 is 0 Å². The van der Waals surface area contributed by atoms with Gasteiger partial charge < -0.3 is 4.90 Å². The van der Waals surface area contributed by atoms with Gasteiger partial charge in [-0.25, -0.2) is 0 Å². The van der Waals surface area contributed by atoms with Crippen molar-refractivity contribution < 1.29 is 0 Å². The highest BCUT2D eigenvalue weighted by Crippen LogP contribution is 2.56. The van der Waals surface area contributed by atoms with Gasteiger partial charge in [-0.3, -0.25) is 0 Å². The molecule has 3 aliphatic carbocycles. The van der Waals surface area contributed by atoms with E-state index in [9.17, 15) is 0 Å². The van der Waals surface area contributed by atoms with Crippen molar-refractivity contribution in [1.29, 1.82) is 0 Å². The molecule has 0 radical (unpaired) electrons. The normalized spacial score (nSPS) is 15.5. The van der Waals surface area contributed by atoms with Gasteiger partial charge in [-0.2, -0.15) is 0 Å². The third-order valence-electron chi connectivity index (χ3n) is 13.9. The quantitative estimate of drug-likeness (QED) is 0.170. The summed E-state index contributed by atoms with van der Waals surface area (Å²) in [5.74, 6) is 0. The van der Waals surface area contributed by atoms with Crippen LogP contribution in [-0.4, -0.2) is 0 Å². The van der Waals surface area contributed by atoms with E-state index < -0.39 is 0 Å². The van der Waals surface area contributed by atoms with Gasteiger partial charge in [0.25, 0.3) is 0 Å².